The van der Waals surface area contributed by atoms with Gasteiger partial charge in [0.05, 0.1) is 0 Å². The maximum atomic E-state index is 13.3. The maximum Gasteiger partial charge on any atom is 0.319 e. The second kappa shape index (κ2) is 11.3. The van der Waals surface area contributed by atoms with Crippen LogP contribution in [0.4, 0.5) is 5.69 Å². The molecule has 3 rings (SSSR count). The van der Waals surface area contributed by atoms with Crippen molar-refractivity contribution in [3.05, 3.63) is 64.5 Å². The lowest BCUT2D eigenvalue weighted by molar-refractivity contribution is -0.138. The summed E-state index contributed by atoms with van der Waals surface area (Å²) in [5.41, 5.74) is 6.29. The van der Waals surface area contributed by atoms with Crippen LogP contribution in [-0.2, 0) is 11.3 Å². The number of carboxylic acid groups (broad SMARTS) is 1. The van der Waals surface area contributed by atoms with Crippen LogP contribution in [0.15, 0.2) is 41.3 Å². The fourth-order valence-electron chi connectivity index (χ4n) is 4.05. The molecule has 1 heterocycles. The topological polar surface area (TPSA) is 84.2 Å². The standard InChI is InChI=1S/C29H37N3O3S/c1-8-9-10-15-32-21(5)25(27(33)30-24-17-19(3)18(2)16-20(24)4)31-26(32)22-11-13-23(14-12-22)36-29(6,7)28(34)35/h11-14,16-17H,8-10,15H2,1-7H3,(H,30,33)(H,34,35). The Balaban J connectivity index is 1.95. The highest BCUT2D eigenvalue weighted by molar-refractivity contribution is 8.01. The van der Waals surface area contributed by atoms with Crippen LogP contribution in [0, 0.1) is 27.7 Å². The first-order valence-electron chi connectivity index (χ1n) is 12.4. The molecule has 0 aliphatic carbocycles. The Morgan fingerprint density at radius 1 is 1.00 bits per heavy atom. The van der Waals surface area contributed by atoms with E-state index in [-0.39, 0.29) is 5.91 Å². The molecule has 0 aliphatic rings. The molecular formula is C29H37N3O3S. The molecule has 3 aromatic rings. The van der Waals surface area contributed by atoms with Crippen LogP contribution in [-0.4, -0.2) is 31.3 Å². The molecule has 0 radical (unpaired) electrons. The molecule has 0 bridgehead atoms. The Bertz CT molecular complexity index is 1260. The molecule has 2 N–H and O–H groups in total. The number of aromatic nitrogens is 2. The van der Waals surface area contributed by atoms with E-state index < -0.39 is 10.7 Å². The van der Waals surface area contributed by atoms with E-state index in [0.717, 1.165) is 64.6 Å². The molecule has 0 unspecified atom stereocenters. The minimum absolute atomic E-state index is 0.218. The number of carbonyl (C=O) groups excluding carboxylic acids is 1. The average Bonchev–Trinajstić information content (AvgIpc) is 3.14. The Morgan fingerprint density at radius 3 is 2.25 bits per heavy atom. The van der Waals surface area contributed by atoms with Gasteiger partial charge in [-0.2, -0.15) is 0 Å². The number of hydrogen-bond acceptors (Lipinski definition) is 4. The van der Waals surface area contributed by atoms with Gasteiger partial charge in [-0.05, 0) is 82.9 Å². The van der Waals surface area contributed by atoms with Crippen molar-refractivity contribution in [3.8, 4) is 11.4 Å². The lowest BCUT2D eigenvalue weighted by Crippen LogP contribution is -2.26. The van der Waals surface area contributed by atoms with Gasteiger partial charge >= 0.3 is 5.97 Å². The summed E-state index contributed by atoms with van der Waals surface area (Å²) in [5, 5.41) is 12.5. The Labute approximate surface area is 218 Å². The first-order chi connectivity index (χ1) is 16.9. The number of unbranched alkanes of at least 4 members (excludes halogenated alkanes) is 2. The van der Waals surface area contributed by atoms with Crippen LogP contribution in [0.3, 0.4) is 0 Å². The third kappa shape index (κ3) is 6.19. The number of aliphatic carboxylic acids is 1. The predicted molar refractivity (Wildman–Crippen MR) is 148 cm³/mol. The van der Waals surface area contributed by atoms with Crippen molar-refractivity contribution in [1.82, 2.24) is 9.55 Å². The number of anilines is 1. The highest BCUT2D eigenvalue weighted by atomic mass is 32.2. The van der Waals surface area contributed by atoms with Gasteiger partial charge in [0, 0.05) is 28.4 Å². The number of nitrogens with one attached hydrogen (secondary N) is 1. The average molecular weight is 508 g/mol. The molecule has 7 heteroatoms. The first-order valence-corrected chi connectivity index (χ1v) is 13.3. The van der Waals surface area contributed by atoms with E-state index in [4.69, 9.17) is 4.98 Å². The van der Waals surface area contributed by atoms with Crippen LogP contribution in [0.2, 0.25) is 0 Å². The zero-order valence-corrected chi connectivity index (χ0v) is 23.2. The molecular weight excluding hydrogens is 470 g/mol. The molecule has 0 saturated carbocycles. The van der Waals surface area contributed by atoms with Crippen LogP contribution in [0.25, 0.3) is 11.4 Å². The monoisotopic (exact) mass is 507 g/mol. The second-order valence-electron chi connectivity index (χ2n) is 9.88. The highest BCUT2D eigenvalue weighted by Gasteiger charge is 2.28. The van der Waals surface area contributed by atoms with Gasteiger partial charge in [-0.25, -0.2) is 4.98 Å². The number of hydrogen-bond donors (Lipinski definition) is 2. The van der Waals surface area contributed by atoms with Crippen LogP contribution in [0.5, 0.6) is 0 Å². The minimum Gasteiger partial charge on any atom is -0.480 e. The van der Waals surface area contributed by atoms with E-state index in [9.17, 15) is 14.7 Å². The first kappa shape index (κ1) is 27.5. The number of aryl methyl sites for hydroxylation is 3. The van der Waals surface area contributed by atoms with Gasteiger partial charge in [0.1, 0.15) is 16.3 Å². The smallest absolute Gasteiger partial charge is 0.319 e. The second-order valence-corrected chi connectivity index (χ2v) is 11.6. The Kier molecular flexibility index (Phi) is 8.67. The van der Waals surface area contributed by atoms with Crippen LogP contribution < -0.4 is 5.32 Å². The fraction of sp³-hybridized carbons (Fsp3) is 0.414. The molecule has 0 fully saturated rings. The lowest BCUT2D eigenvalue weighted by Gasteiger charge is -2.18. The van der Waals surface area contributed by atoms with Crippen molar-refractivity contribution < 1.29 is 14.7 Å². The fourth-order valence-corrected chi connectivity index (χ4v) is 5.00. The molecule has 1 amide bonds. The van der Waals surface area contributed by atoms with Crippen LogP contribution in [0.1, 0.15) is 72.9 Å². The molecule has 36 heavy (non-hydrogen) atoms. The van der Waals surface area contributed by atoms with E-state index in [0.29, 0.717) is 5.69 Å². The molecule has 1 aromatic heterocycles. The number of carbonyl (C=O) groups is 2. The van der Waals surface area contributed by atoms with E-state index in [1.165, 1.54) is 17.3 Å². The van der Waals surface area contributed by atoms with E-state index in [1.807, 2.05) is 51.1 Å². The highest BCUT2D eigenvalue weighted by Crippen LogP contribution is 2.34. The van der Waals surface area contributed by atoms with Gasteiger partial charge in [-0.1, -0.05) is 38.0 Å². The molecule has 0 spiro atoms. The summed E-state index contributed by atoms with van der Waals surface area (Å²) in [6, 6.07) is 11.8. The third-order valence-electron chi connectivity index (χ3n) is 6.51. The van der Waals surface area contributed by atoms with Crippen molar-refractivity contribution in [2.24, 2.45) is 0 Å². The van der Waals surface area contributed by atoms with Gasteiger partial charge in [0.15, 0.2) is 0 Å². The zero-order chi connectivity index (χ0) is 26.6. The predicted octanol–water partition coefficient (Wildman–Crippen LogP) is 7.18. The van der Waals surface area contributed by atoms with E-state index in [2.05, 4.69) is 29.8 Å². The summed E-state index contributed by atoms with van der Waals surface area (Å²) in [6.45, 7) is 14.4. The summed E-state index contributed by atoms with van der Waals surface area (Å²) in [5.74, 6) is -0.322. The van der Waals surface area contributed by atoms with Crippen molar-refractivity contribution in [3.63, 3.8) is 0 Å². The third-order valence-corrected chi connectivity index (χ3v) is 7.70. The van der Waals surface area contributed by atoms with Gasteiger partial charge in [-0.3, -0.25) is 9.59 Å². The van der Waals surface area contributed by atoms with Gasteiger partial charge in [0.25, 0.3) is 5.91 Å². The van der Waals surface area contributed by atoms with Crippen LogP contribution >= 0.6 is 11.8 Å². The molecule has 192 valence electrons. The van der Waals surface area contributed by atoms with Crippen molar-refractivity contribution >= 4 is 29.3 Å². The SMILES string of the molecule is CCCCCn1c(-c2ccc(SC(C)(C)C(=O)O)cc2)nc(C(=O)Nc2cc(C)c(C)cc2C)c1C. The minimum atomic E-state index is -0.922. The number of rotatable bonds is 10. The maximum absolute atomic E-state index is 13.3. The molecule has 0 aliphatic heterocycles. The largest absolute Gasteiger partial charge is 0.480 e. The number of carboxylic acids is 1. The molecule has 0 saturated heterocycles. The lowest BCUT2D eigenvalue weighted by atomic mass is 10.0. The van der Waals surface area contributed by atoms with Crippen molar-refractivity contribution in [2.45, 2.75) is 83.9 Å². The normalized spacial score (nSPS) is 11.5. The summed E-state index contributed by atoms with van der Waals surface area (Å²) < 4.78 is 1.20. The number of nitrogens with zero attached hydrogens (tertiary/aromatic N) is 2. The summed E-state index contributed by atoms with van der Waals surface area (Å²) in [7, 11) is 0. The van der Waals surface area contributed by atoms with E-state index >= 15 is 0 Å². The number of imidazole rings is 1. The summed E-state index contributed by atoms with van der Waals surface area (Å²) in [6.07, 6.45) is 3.20. The number of benzene rings is 2. The van der Waals surface area contributed by atoms with Crippen molar-refractivity contribution in [1.29, 1.82) is 0 Å². The molecule has 6 nitrogen and oxygen atoms in total. The molecule has 2 aromatic carbocycles. The quantitative estimate of drug-likeness (QED) is 0.224. The summed E-state index contributed by atoms with van der Waals surface area (Å²) >= 11 is 1.31. The Hall–Kier alpha value is -3.06. The number of amides is 1. The van der Waals surface area contributed by atoms with Gasteiger partial charge < -0.3 is 15.0 Å². The van der Waals surface area contributed by atoms with E-state index in [1.54, 1.807) is 13.8 Å². The Morgan fingerprint density at radius 2 is 1.64 bits per heavy atom. The molecule has 0 atom stereocenters. The number of thioether (sulfide) groups is 1. The van der Waals surface area contributed by atoms with Gasteiger partial charge in [-0.15, -0.1) is 11.8 Å². The summed E-state index contributed by atoms with van der Waals surface area (Å²) in [4.78, 5) is 30.5. The van der Waals surface area contributed by atoms with Crippen molar-refractivity contribution in [2.75, 3.05) is 5.32 Å². The zero-order valence-electron chi connectivity index (χ0n) is 22.4. The van der Waals surface area contributed by atoms with Gasteiger partial charge in [0.2, 0.25) is 0 Å².